The van der Waals surface area contributed by atoms with Gasteiger partial charge in [0.05, 0.1) is 40.9 Å². The number of benzene rings is 2. The van der Waals surface area contributed by atoms with Crippen LogP contribution in [0.15, 0.2) is 66.4 Å². The molecular formula is C33H25Cl2F3N4O6. The number of amides is 4. The first-order valence-electron chi connectivity index (χ1n) is 14.8. The Labute approximate surface area is 280 Å². The molecule has 3 aromatic rings. The van der Waals surface area contributed by atoms with Gasteiger partial charge >= 0.3 is 6.18 Å². The number of phenols is 1. The van der Waals surface area contributed by atoms with Gasteiger partial charge in [-0.2, -0.15) is 18.2 Å². The standard InChI is InChI=1S/C33H25Cl2F3N4O6/c1-48-23-4-2-3-22(43)25(23)26-17-9-10-18-24(29(45)40-28(18)44)19(17)12-20-30(46)42(31(47)32(20,26)14-5-7-16(34)8-6-14)41-27-21(35)11-15(13-39-27)33(36,37)38/h2-9,11,13,18-20,24,26,43H,10,12H2,1H3,(H,39,41)(H,40,44,45)/t18-,19+,20-,24-,26+,32+/m0/s1. The van der Waals surface area contributed by atoms with Crippen LogP contribution < -0.4 is 15.5 Å². The third-order valence-corrected chi connectivity index (χ3v) is 10.5. The lowest BCUT2D eigenvalue weighted by molar-refractivity contribution is -0.139. The third-order valence-electron chi connectivity index (χ3n) is 9.95. The van der Waals surface area contributed by atoms with Crippen molar-refractivity contribution < 1.29 is 42.2 Å². The van der Waals surface area contributed by atoms with E-state index < -0.39 is 75.4 Å². The Morgan fingerprint density at radius 3 is 2.46 bits per heavy atom. The Balaban J connectivity index is 1.47. The second-order valence-electron chi connectivity index (χ2n) is 12.2. The van der Waals surface area contributed by atoms with Gasteiger partial charge < -0.3 is 9.84 Å². The average Bonchev–Trinajstić information content (AvgIpc) is 3.45. The van der Waals surface area contributed by atoms with Crippen molar-refractivity contribution in [2.24, 2.45) is 23.7 Å². The summed E-state index contributed by atoms with van der Waals surface area (Å²) >= 11 is 12.4. The van der Waals surface area contributed by atoms with Crippen molar-refractivity contribution >= 4 is 52.6 Å². The second-order valence-corrected chi connectivity index (χ2v) is 13.0. The van der Waals surface area contributed by atoms with Crippen LogP contribution in [-0.4, -0.2) is 45.8 Å². The summed E-state index contributed by atoms with van der Waals surface area (Å²) in [5.74, 6) is -7.57. The number of hydrogen-bond donors (Lipinski definition) is 3. The molecule has 3 fully saturated rings. The first kappa shape index (κ1) is 32.0. The molecule has 7 rings (SSSR count). The van der Waals surface area contributed by atoms with Crippen LogP contribution in [0.2, 0.25) is 10.0 Å². The molecule has 2 saturated heterocycles. The number of ether oxygens (including phenoxy) is 1. The first-order valence-corrected chi connectivity index (χ1v) is 15.6. The van der Waals surface area contributed by atoms with Crippen molar-refractivity contribution in [1.82, 2.24) is 15.3 Å². The van der Waals surface area contributed by atoms with Crippen molar-refractivity contribution in [3.63, 3.8) is 0 Å². The summed E-state index contributed by atoms with van der Waals surface area (Å²) in [5.41, 5.74) is 0.686. The van der Waals surface area contributed by atoms with Crippen LogP contribution >= 0.6 is 23.2 Å². The minimum Gasteiger partial charge on any atom is -0.508 e. The summed E-state index contributed by atoms with van der Waals surface area (Å²) in [4.78, 5) is 59.4. The van der Waals surface area contributed by atoms with E-state index in [-0.39, 0.29) is 35.7 Å². The van der Waals surface area contributed by atoms with Crippen molar-refractivity contribution in [3.8, 4) is 11.5 Å². The molecule has 248 valence electrons. The lowest BCUT2D eigenvalue weighted by atomic mass is 9.49. The third kappa shape index (κ3) is 4.58. The Morgan fingerprint density at radius 2 is 1.79 bits per heavy atom. The molecule has 15 heteroatoms. The monoisotopic (exact) mass is 700 g/mol. The summed E-state index contributed by atoms with van der Waals surface area (Å²) in [6, 6.07) is 11.4. The number of alkyl halides is 3. The number of imide groups is 2. The molecule has 2 aromatic carbocycles. The average molecular weight is 701 g/mol. The number of pyridine rings is 1. The van der Waals surface area contributed by atoms with E-state index >= 15 is 4.79 Å². The summed E-state index contributed by atoms with van der Waals surface area (Å²) in [5, 5.41) is 14.4. The molecule has 3 N–H and O–H groups in total. The number of phenolic OH excluding ortho intramolecular Hbond substituents is 1. The minimum absolute atomic E-state index is 0.0559. The summed E-state index contributed by atoms with van der Waals surface area (Å²) in [6.07, 6.45) is -2.33. The lowest BCUT2D eigenvalue weighted by Gasteiger charge is -2.50. The molecular weight excluding hydrogens is 676 g/mol. The number of nitrogens with zero attached hydrogens (tertiary/aromatic N) is 2. The highest BCUT2D eigenvalue weighted by atomic mass is 35.5. The van der Waals surface area contributed by atoms with Crippen LogP contribution in [0.25, 0.3) is 0 Å². The number of hydrogen-bond acceptors (Lipinski definition) is 8. The Morgan fingerprint density at radius 1 is 1.06 bits per heavy atom. The van der Waals surface area contributed by atoms with Crippen molar-refractivity contribution in [3.05, 3.63) is 93.1 Å². The highest BCUT2D eigenvalue weighted by molar-refractivity contribution is 6.33. The molecule has 0 spiro atoms. The Kier molecular flexibility index (Phi) is 7.48. The largest absolute Gasteiger partial charge is 0.508 e. The van der Waals surface area contributed by atoms with Gasteiger partial charge in [-0.25, -0.2) is 4.98 Å². The fourth-order valence-corrected chi connectivity index (χ4v) is 8.34. The van der Waals surface area contributed by atoms with Crippen molar-refractivity contribution in [1.29, 1.82) is 0 Å². The number of hydrazine groups is 1. The van der Waals surface area contributed by atoms with Crippen LogP contribution in [-0.2, 0) is 30.8 Å². The van der Waals surface area contributed by atoms with E-state index in [9.17, 15) is 32.7 Å². The predicted molar refractivity (Wildman–Crippen MR) is 165 cm³/mol. The van der Waals surface area contributed by atoms with Gasteiger partial charge in [-0.3, -0.25) is 29.9 Å². The number of aromatic nitrogens is 1. The molecule has 4 aliphatic rings. The maximum atomic E-state index is 15.1. The molecule has 1 saturated carbocycles. The fourth-order valence-electron chi connectivity index (χ4n) is 8.01. The van der Waals surface area contributed by atoms with Gasteiger partial charge in [0.2, 0.25) is 11.8 Å². The number of nitrogens with one attached hydrogen (secondary N) is 2. The Bertz CT molecular complexity index is 1940. The maximum absolute atomic E-state index is 15.1. The number of allylic oxidation sites excluding steroid dienone is 2. The van der Waals surface area contributed by atoms with E-state index in [0.29, 0.717) is 33.4 Å². The van der Waals surface area contributed by atoms with E-state index in [4.69, 9.17) is 27.9 Å². The van der Waals surface area contributed by atoms with Crippen LogP contribution in [0.5, 0.6) is 11.5 Å². The molecule has 4 amide bonds. The predicted octanol–water partition coefficient (Wildman–Crippen LogP) is 5.39. The molecule has 0 radical (unpaired) electrons. The van der Waals surface area contributed by atoms with Crippen LogP contribution in [0.4, 0.5) is 19.0 Å². The number of rotatable bonds is 5. The quantitative estimate of drug-likeness (QED) is 0.238. The Hall–Kier alpha value is -4.62. The zero-order valence-electron chi connectivity index (χ0n) is 24.8. The van der Waals surface area contributed by atoms with E-state index in [0.717, 1.165) is 0 Å². The molecule has 3 heterocycles. The van der Waals surface area contributed by atoms with E-state index in [2.05, 4.69) is 15.7 Å². The molecule has 0 unspecified atom stereocenters. The second kappa shape index (κ2) is 11.2. The smallest absolute Gasteiger partial charge is 0.417 e. The molecule has 0 bridgehead atoms. The molecule has 10 nitrogen and oxygen atoms in total. The highest BCUT2D eigenvalue weighted by Gasteiger charge is 2.70. The van der Waals surface area contributed by atoms with Gasteiger partial charge in [0.15, 0.2) is 5.82 Å². The summed E-state index contributed by atoms with van der Waals surface area (Å²) < 4.78 is 45.7. The number of halogens is 5. The van der Waals surface area contributed by atoms with Crippen LogP contribution in [0, 0.1) is 23.7 Å². The van der Waals surface area contributed by atoms with E-state index in [1.807, 2.05) is 0 Å². The van der Waals surface area contributed by atoms with Crippen LogP contribution in [0.1, 0.15) is 35.4 Å². The fraction of sp³-hybridized carbons (Fsp3) is 0.303. The van der Waals surface area contributed by atoms with E-state index in [1.165, 1.54) is 13.2 Å². The van der Waals surface area contributed by atoms with Crippen molar-refractivity contribution in [2.45, 2.75) is 30.4 Å². The minimum atomic E-state index is -4.75. The highest BCUT2D eigenvalue weighted by Crippen LogP contribution is 2.65. The zero-order chi connectivity index (χ0) is 34.3. The van der Waals surface area contributed by atoms with Gasteiger partial charge in [-0.05, 0) is 54.7 Å². The van der Waals surface area contributed by atoms with Gasteiger partial charge in [-0.15, -0.1) is 0 Å². The normalized spacial score (nSPS) is 28.0. The van der Waals surface area contributed by atoms with Gasteiger partial charge in [0.1, 0.15) is 11.5 Å². The molecule has 1 aromatic heterocycles. The van der Waals surface area contributed by atoms with Gasteiger partial charge in [0.25, 0.3) is 11.8 Å². The van der Waals surface area contributed by atoms with Gasteiger partial charge in [0, 0.05) is 22.7 Å². The topological polar surface area (TPSA) is 138 Å². The molecule has 6 atom stereocenters. The maximum Gasteiger partial charge on any atom is 0.417 e. The molecule has 2 aliphatic carbocycles. The first-order chi connectivity index (χ1) is 22.8. The van der Waals surface area contributed by atoms with Crippen LogP contribution in [0.3, 0.4) is 0 Å². The number of methoxy groups -OCH3 is 1. The molecule has 2 aliphatic heterocycles. The lowest BCUT2D eigenvalue weighted by Crippen LogP contribution is -2.53. The van der Waals surface area contributed by atoms with Gasteiger partial charge in [-0.1, -0.05) is 53.1 Å². The SMILES string of the molecule is COc1cccc(O)c1[C@H]1C2=CC[C@@H]3C(=O)NC(=O)[C@@H]3[C@@H]2C[C@H]2C(=O)N(Nc3ncc(C(F)(F)F)cc3Cl)C(=O)[C@@]12c1ccc(Cl)cc1. The zero-order valence-corrected chi connectivity index (χ0v) is 26.4. The van der Waals surface area contributed by atoms with E-state index in [1.54, 1.807) is 42.5 Å². The number of carbonyl (C=O) groups is 4. The molecule has 48 heavy (non-hydrogen) atoms. The number of aromatic hydroxyl groups is 1. The summed E-state index contributed by atoms with van der Waals surface area (Å²) in [6.45, 7) is 0. The number of fused-ring (bicyclic) bond motifs is 4. The van der Waals surface area contributed by atoms with Crippen molar-refractivity contribution in [2.75, 3.05) is 12.5 Å². The summed E-state index contributed by atoms with van der Waals surface area (Å²) in [7, 11) is 1.38. The number of carbonyl (C=O) groups excluding carboxylic acids is 4. The number of anilines is 1.